The fourth-order valence-electron chi connectivity index (χ4n) is 1.43. The van der Waals surface area contributed by atoms with E-state index in [-0.39, 0.29) is 6.61 Å². The summed E-state index contributed by atoms with van der Waals surface area (Å²) in [4.78, 5) is 0. The molecule has 5 heteroatoms. The zero-order chi connectivity index (χ0) is 10.8. The van der Waals surface area contributed by atoms with Crippen molar-refractivity contribution >= 4 is 22.6 Å². The lowest BCUT2D eigenvalue weighted by molar-refractivity contribution is 0.295. The number of methoxy groups -OCH3 is 1. The van der Waals surface area contributed by atoms with Crippen LogP contribution in [0.15, 0.2) is 16.7 Å². The third-order valence-corrected chi connectivity index (χ3v) is 2.46. The molecule has 0 atom stereocenters. The van der Waals surface area contributed by atoms with Gasteiger partial charge in [-0.05, 0) is 6.07 Å². The Hall–Kier alpha value is -1.26. The van der Waals surface area contributed by atoms with Gasteiger partial charge in [0.25, 0.3) is 0 Å². The van der Waals surface area contributed by atoms with Crippen LogP contribution in [-0.2, 0) is 6.42 Å². The Morgan fingerprint density at radius 3 is 3.00 bits per heavy atom. The maximum Gasteiger partial charge on any atom is 0.170 e. The highest BCUT2D eigenvalue weighted by molar-refractivity contribution is 6.32. The van der Waals surface area contributed by atoms with Crippen LogP contribution in [0.2, 0.25) is 5.02 Å². The molecule has 0 saturated carbocycles. The first-order valence-corrected chi connectivity index (χ1v) is 4.86. The lowest BCUT2D eigenvalue weighted by Crippen LogP contribution is -1.91. The number of halogens is 1. The minimum Gasteiger partial charge on any atom is -0.495 e. The molecule has 2 aromatic rings. The second-order valence-corrected chi connectivity index (χ2v) is 3.49. The van der Waals surface area contributed by atoms with Crippen molar-refractivity contribution in [3.05, 3.63) is 22.8 Å². The topological polar surface area (TPSA) is 55.5 Å². The summed E-state index contributed by atoms with van der Waals surface area (Å²) < 4.78 is 10.2. The van der Waals surface area contributed by atoms with Crippen LogP contribution in [0.5, 0.6) is 5.75 Å². The molecule has 0 spiro atoms. The average Bonchev–Trinajstić information content (AvgIpc) is 2.61. The van der Waals surface area contributed by atoms with Crippen LogP contribution >= 0.6 is 11.6 Å². The quantitative estimate of drug-likeness (QED) is 0.872. The Balaban J connectivity index is 2.57. The van der Waals surface area contributed by atoms with E-state index in [4.69, 9.17) is 26.0 Å². The predicted molar refractivity (Wildman–Crippen MR) is 56.4 cm³/mol. The van der Waals surface area contributed by atoms with Crippen molar-refractivity contribution in [2.75, 3.05) is 13.7 Å². The van der Waals surface area contributed by atoms with Crippen LogP contribution < -0.4 is 4.74 Å². The summed E-state index contributed by atoms with van der Waals surface area (Å²) in [6.07, 6.45) is 0.454. The first-order valence-electron chi connectivity index (χ1n) is 4.49. The van der Waals surface area contributed by atoms with E-state index in [2.05, 4.69) is 5.16 Å². The monoisotopic (exact) mass is 227 g/mol. The minimum atomic E-state index is 0.0330. The summed E-state index contributed by atoms with van der Waals surface area (Å²) in [5.74, 6) is 0.552. The van der Waals surface area contributed by atoms with E-state index < -0.39 is 0 Å². The molecule has 0 bridgehead atoms. The van der Waals surface area contributed by atoms with E-state index in [1.165, 1.54) is 7.11 Å². The number of aliphatic hydroxyl groups excluding tert-OH is 1. The molecule has 0 amide bonds. The Kier molecular flexibility index (Phi) is 2.79. The predicted octanol–water partition coefficient (Wildman–Crippen LogP) is 2.02. The molecule has 15 heavy (non-hydrogen) atoms. The van der Waals surface area contributed by atoms with E-state index in [1.807, 2.05) is 0 Å². The van der Waals surface area contributed by atoms with Crippen molar-refractivity contribution in [2.45, 2.75) is 6.42 Å². The number of aromatic nitrogens is 1. The Bertz CT molecular complexity index is 481. The molecule has 1 aromatic heterocycles. The molecule has 2 rings (SSSR count). The maximum absolute atomic E-state index is 8.83. The molecule has 0 unspecified atom stereocenters. The molecule has 80 valence electrons. The SMILES string of the molecule is COc1cc2onc(CCO)c2cc1Cl. The Morgan fingerprint density at radius 1 is 1.53 bits per heavy atom. The second kappa shape index (κ2) is 4.08. The van der Waals surface area contributed by atoms with Crippen molar-refractivity contribution < 1.29 is 14.4 Å². The fraction of sp³-hybridized carbons (Fsp3) is 0.300. The van der Waals surface area contributed by atoms with Crippen molar-refractivity contribution in [1.29, 1.82) is 0 Å². The summed E-state index contributed by atoms with van der Waals surface area (Å²) in [6.45, 7) is 0.0330. The van der Waals surface area contributed by atoms with Gasteiger partial charge in [0.2, 0.25) is 0 Å². The highest BCUT2D eigenvalue weighted by Crippen LogP contribution is 2.31. The molecule has 0 aliphatic heterocycles. The molecule has 0 saturated heterocycles. The van der Waals surface area contributed by atoms with Gasteiger partial charge in [0.05, 0.1) is 17.8 Å². The van der Waals surface area contributed by atoms with E-state index in [0.29, 0.717) is 28.5 Å². The Labute approximate surface area is 91.4 Å². The molecule has 1 N–H and O–H groups in total. The highest BCUT2D eigenvalue weighted by atomic mass is 35.5. The molecule has 1 heterocycles. The van der Waals surface area contributed by atoms with Crippen LogP contribution in [0.3, 0.4) is 0 Å². The van der Waals surface area contributed by atoms with E-state index >= 15 is 0 Å². The van der Waals surface area contributed by atoms with Gasteiger partial charge in [0.1, 0.15) is 5.75 Å². The van der Waals surface area contributed by atoms with E-state index in [1.54, 1.807) is 12.1 Å². The van der Waals surface area contributed by atoms with Crippen molar-refractivity contribution in [3.8, 4) is 5.75 Å². The summed E-state index contributed by atoms with van der Waals surface area (Å²) in [5, 5.41) is 14.0. The lowest BCUT2D eigenvalue weighted by atomic mass is 10.2. The molecule has 1 aromatic carbocycles. The van der Waals surface area contributed by atoms with E-state index in [0.717, 1.165) is 5.39 Å². The first kappa shape index (κ1) is 10.3. The normalized spacial score (nSPS) is 10.9. The second-order valence-electron chi connectivity index (χ2n) is 3.09. The van der Waals surface area contributed by atoms with Gasteiger partial charge in [-0.3, -0.25) is 0 Å². The summed E-state index contributed by atoms with van der Waals surface area (Å²) >= 11 is 5.98. The lowest BCUT2D eigenvalue weighted by Gasteiger charge is -2.01. The van der Waals surface area contributed by atoms with Crippen LogP contribution in [0.25, 0.3) is 11.0 Å². The van der Waals surface area contributed by atoms with Gasteiger partial charge < -0.3 is 14.4 Å². The van der Waals surface area contributed by atoms with Crippen LogP contribution in [0, 0.1) is 0 Å². The number of fused-ring (bicyclic) bond motifs is 1. The smallest absolute Gasteiger partial charge is 0.170 e. The van der Waals surface area contributed by atoms with Crippen LogP contribution in [0.4, 0.5) is 0 Å². The number of hydrogen-bond acceptors (Lipinski definition) is 4. The number of aliphatic hydroxyl groups is 1. The molecular weight excluding hydrogens is 218 g/mol. The fourth-order valence-corrected chi connectivity index (χ4v) is 1.67. The zero-order valence-corrected chi connectivity index (χ0v) is 8.91. The van der Waals surface area contributed by atoms with Crippen molar-refractivity contribution in [2.24, 2.45) is 0 Å². The average molecular weight is 228 g/mol. The number of ether oxygens (including phenoxy) is 1. The van der Waals surface area contributed by atoms with Gasteiger partial charge >= 0.3 is 0 Å². The van der Waals surface area contributed by atoms with Gasteiger partial charge in [-0.15, -0.1) is 0 Å². The first-order chi connectivity index (χ1) is 7.26. The Morgan fingerprint density at radius 2 is 2.33 bits per heavy atom. The zero-order valence-electron chi connectivity index (χ0n) is 8.16. The minimum absolute atomic E-state index is 0.0330. The largest absolute Gasteiger partial charge is 0.495 e. The van der Waals surface area contributed by atoms with Gasteiger partial charge in [-0.2, -0.15) is 0 Å². The van der Waals surface area contributed by atoms with Gasteiger partial charge in [0.15, 0.2) is 5.58 Å². The molecule has 0 fully saturated rings. The molecule has 0 aliphatic rings. The highest BCUT2D eigenvalue weighted by Gasteiger charge is 2.11. The standard InChI is InChI=1S/C10H10ClNO3/c1-14-10-5-9-6(4-7(10)11)8(2-3-13)12-15-9/h4-5,13H,2-3H2,1H3. The number of hydrogen-bond donors (Lipinski definition) is 1. The van der Waals surface area contributed by atoms with Crippen molar-refractivity contribution in [3.63, 3.8) is 0 Å². The van der Waals surface area contributed by atoms with Gasteiger partial charge in [-0.25, -0.2) is 0 Å². The van der Waals surface area contributed by atoms with E-state index in [9.17, 15) is 0 Å². The van der Waals surface area contributed by atoms with Gasteiger partial charge in [0, 0.05) is 24.5 Å². The summed E-state index contributed by atoms with van der Waals surface area (Å²) in [7, 11) is 1.54. The number of nitrogens with zero attached hydrogens (tertiary/aromatic N) is 1. The third kappa shape index (κ3) is 1.78. The molecule has 0 aliphatic carbocycles. The molecule has 0 radical (unpaired) electrons. The third-order valence-electron chi connectivity index (χ3n) is 2.17. The van der Waals surface area contributed by atoms with Crippen molar-refractivity contribution in [1.82, 2.24) is 5.16 Å². The van der Waals surface area contributed by atoms with Crippen LogP contribution in [-0.4, -0.2) is 24.0 Å². The summed E-state index contributed by atoms with van der Waals surface area (Å²) in [6, 6.07) is 3.42. The van der Waals surface area contributed by atoms with Gasteiger partial charge in [-0.1, -0.05) is 16.8 Å². The maximum atomic E-state index is 8.83. The summed E-state index contributed by atoms with van der Waals surface area (Å²) in [5.41, 5.74) is 1.32. The number of benzene rings is 1. The van der Waals surface area contributed by atoms with Crippen LogP contribution in [0.1, 0.15) is 5.69 Å². The number of rotatable bonds is 3. The molecule has 4 nitrogen and oxygen atoms in total. The molecular formula is C10H10ClNO3.